The van der Waals surface area contributed by atoms with Crippen molar-refractivity contribution in [2.75, 3.05) is 65.8 Å². The van der Waals surface area contributed by atoms with E-state index in [9.17, 15) is 9.59 Å². The summed E-state index contributed by atoms with van der Waals surface area (Å²) in [6.45, 7) is 8.70. The summed E-state index contributed by atoms with van der Waals surface area (Å²) in [6.07, 6.45) is 7.33. The minimum atomic E-state index is -0.0946. The normalized spacial score (nSPS) is 20.4. The fraction of sp³-hybridized carbons (Fsp3) is 0.522. The number of nitrogens with zero attached hydrogens (tertiary/aromatic N) is 7. The number of pyridine rings is 1. The van der Waals surface area contributed by atoms with Crippen molar-refractivity contribution in [2.24, 2.45) is 0 Å². The molecule has 2 fully saturated rings. The van der Waals surface area contributed by atoms with Crippen molar-refractivity contribution in [2.45, 2.75) is 32.7 Å². The van der Waals surface area contributed by atoms with E-state index >= 15 is 0 Å². The SMILES string of the molecule is CCNc1ncc2c(n1)N1CCC[C@H]1CN(c1cncc(N3CCN(C(C)=O)CC3)c1)C2=O. The van der Waals surface area contributed by atoms with Crippen LogP contribution in [0.5, 0.6) is 0 Å². The zero-order valence-corrected chi connectivity index (χ0v) is 19.2. The standard InChI is InChI=1S/C23H30N8O2/c1-3-25-23-26-14-20-21(27-23)30-6-4-5-17(30)15-31(22(20)33)19-11-18(12-24-13-19)29-9-7-28(8-10-29)16(2)32/h11-14,17H,3-10,15H2,1-2H3,(H,25,26,27)/t17-/m0/s1. The van der Waals surface area contributed by atoms with E-state index in [0.29, 0.717) is 31.1 Å². The molecule has 0 radical (unpaired) electrons. The lowest BCUT2D eigenvalue weighted by Crippen LogP contribution is -2.48. The summed E-state index contributed by atoms with van der Waals surface area (Å²) in [4.78, 5) is 47.0. The van der Waals surface area contributed by atoms with E-state index in [1.165, 1.54) is 0 Å². The van der Waals surface area contributed by atoms with Crippen LogP contribution in [0, 0.1) is 0 Å². The molecule has 5 rings (SSSR count). The maximum absolute atomic E-state index is 13.7. The third-order valence-electron chi connectivity index (χ3n) is 6.73. The van der Waals surface area contributed by atoms with Crippen LogP contribution in [0.25, 0.3) is 0 Å². The van der Waals surface area contributed by atoms with Gasteiger partial charge in [-0.3, -0.25) is 14.6 Å². The fourth-order valence-corrected chi connectivity index (χ4v) is 4.97. The summed E-state index contributed by atoms with van der Waals surface area (Å²) < 4.78 is 0. The molecule has 0 aromatic carbocycles. The molecule has 2 amide bonds. The van der Waals surface area contributed by atoms with Gasteiger partial charge in [-0.1, -0.05) is 0 Å². The smallest absolute Gasteiger partial charge is 0.263 e. The van der Waals surface area contributed by atoms with Gasteiger partial charge in [-0.15, -0.1) is 0 Å². The Morgan fingerprint density at radius 3 is 2.67 bits per heavy atom. The molecule has 1 N–H and O–H groups in total. The predicted molar refractivity (Wildman–Crippen MR) is 127 cm³/mol. The number of nitrogens with one attached hydrogen (secondary N) is 1. The second-order valence-corrected chi connectivity index (χ2v) is 8.76. The highest BCUT2D eigenvalue weighted by Crippen LogP contribution is 2.34. The lowest BCUT2D eigenvalue weighted by molar-refractivity contribution is -0.129. The summed E-state index contributed by atoms with van der Waals surface area (Å²) >= 11 is 0. The molecule has 0 bridgehead atoms. The Morgan fingerprint density at radius 2 is 1.91 bits per heavy atom. The number of carbonyl (C=O) groups excluding carboxylic acids is 2. The van der Waals surface area contributed by atoms with Gasteiger partial charge < -0.3 is 24.9 Å². The molecule has 3 aliphatic heterocycles. The average Bonchev–Trinajstić information content (AvgIpc) is 3.26. The van der Waals surface area contributed by atoms with Gasteiger partial charge in [0.25, 0.3) is 5.91 Å². The average molecular weight is 451 g/mol. The summed E-state index contributed by atoms with van der Waals surface area (Å²) in [7, 11) is 0. The van der Waals surface area contributed by atoms with Crippen molar-refractivity contribution in [3.8, 4) is 0 Å². The first-order valence-electron chi connectivity index (χ1n) is 11.7. The van der Waals surface area contributed by atoms with Gasteiger partial charge in [-0.25, -0.2) is 4.98 Å². The molecule has 174 valence electrons. The number of rotatable bonds is 4. The van der Waals surface area contributed by atoms with Crippen LogP contribution < -0.4 is 20.0 Å². The molecule has 0 spiro atoms. The molecule has 0 aliphatic carbocycles. The van der Waals surface area contributed by atoms with Gasteiger partial charge in [-0.05, 0) is 25.8 Å². The van der Waals surface area contributed by atoms with Gasteiger partial charge >= 0.3 is 0 Å². The van der Waals surface area contributed by atoms with Crippen molar-refractivity contribution >= 4 is 35.0 Å². The summed E-state index contributed by atoms with van der Waals surface area (Å²) in [5.74, 6) is 1.29. The highest BCUT2D eigenvalue weighted by molar-refractivity contribution is 6.10. The highest BCUT2D eigenvalue weighted by Gasteiger charge is 2.37. The molecule has 2 aromatic heterocycles. The van der Waals surface area contributed by atoms with Crippen molar-refractivity contribution in [1.29, 1.82) is 0 Å². The highest BCUT2D eigenvalue weighted by atomic mass is 16.2. The van der Waals surface area contributed by atoms with Gasteiger partial charge in [0.15, 0.2) is 0 Å². The van der Waals surface area contributed by atoms with E-state index in [2.05, 4.69) is 25.1 Å². The zero-order chi connectivity index (χ0) is 22.9. The summed E-state index contributed by atoms with van der Waals surface area (Å²) in [5.41, 5.74) is 2.28. The lowest BCUT2D eigenvalue weighted by atomic mass is 10.2. The minimum Gasteiger partial charge on any atom is -0.367 e. The number of anilines is 4. The van der Waals surface area contributed by atoms with Gasteiger partial charge in [-0.2, -0.15) is 4.98 Å². The fourth-order valence-electron chi connectivity index (χ4n) is 4.97. The van der Waals surface area contributed by atoms with Crippen LogP contribution in [0.2, 0.25) is 0 Å². The summed E-state index contributed by atoms with van der Waals surface area (Å²) in [5, 5.41) is 3.16. The molecule has 1 atom stereocenters. The Bertz CT molecular complexity index is 1050. The summed E-state index contributed by atoms with van der Waals surface area (Å²) in [6, 6.07) is 2.24. The molecule has 3 aliphatic rings. The first kappa shape index (κ1) is 21.4. The molecule has 5 heterocycles. The molecular weight excluding hydrogens is 420 g/mol. The number of carbonyl (C=O) groups is 2. The van der Waals surface area contributed by atoms with Crippen LogP contribution in [0.15, 0.2) is 24.7 Å². The minimum absolute atomic E-state index is 0.0946. The van der Waals surface area contributed by atoms with E-state index in [4.69, 9.17) is 4.98 Å². The monoisotopic (exact) mass is 450 g/mol. The second kappa shape index (κ2) is 8.84. The first-order chi connectivity index (χ1) is 16.0. The van der Waals surface area contributed by atoms with E-state index in [1.807, 2.05) is 29.0 Å². The van der Waals surface area contributed by atoms with Crippen molar-refractivity contribution < 1.29 is 9.59 Å². The Hall–Kier alpha value is -3.43. The van der Waals surface area contributed by atoms with E-state index < -0.39 is 0 Å². The van der Waals surface area contributed by atoms with Crippen molar-refractivity contribution in [3.05, 3.63) is 30.2 Å². The largest absolute Gasteiger partial charge is 0.367 e. The number of amides is 2. The third-order valence-corrected chi connectivity index (χ3v) is 6.73. The first-order valence-corrected chi connectivity index (χ1v) is 11.7. The molecule has 33 heavy (non-hydrogen) atoms. The zero-order valence-electron chi connectivity index (χ0n) is 19.2. The van der Waals surface area contributed by atoms with E-state index in [-0.39, 0.29) is 17.9 Å². The Labute approximate surface area is 193 Å². The Morgan fingerprint density at radius 1 is 1.12 bits per heavy atom. The Balaban J connectivity index is 1.44. The number of piperazine rings is 1. The van der Waals surface area contributed by atoms with Crippen LogP contribution >= 0.6 is 0 Å². The topological polar surface area (TPSA) is 97.8 Å². The quantitative estimate of drug-likeness (QED) is 0.750. The Kier molecular flexibility index (Phi) is 5.74. The number of hydrogen-bond acceptors (Lipinski definition) is 8. The van der Waals surface area contributed by atoms with Crippen LogP contribution in [-0.4, -0.2) is 83.5 Å². The maximum Gasteiger partial charge on any atom is 0.263 e. The van der Waals surface area contributed by atoms with Gasteiger partial charge in [0, 0.05) is 65.0 Å². The molecule has 2 saturated heterocycles. The second-order valence-electron chi connectivity index (χ2n) is 8.76. The molecular formula is C23H30N8O2. The van der Waals surface area contributed by atoms with Crippen molar-refractivity contribution in [1.82, 2.24) is 19.9 Å². The molecule has 0 unspecified atom stereocenters. The molecule has 2 aromatic rings. The van der Waals surface area contributed by atoms with E-state index in [1.54, 1.807) is 19.3 Å². The number of hydrogen-bond donors (Lipinski definition) is 1. The molecule has 0 saturated carbocycles. The van der Waals surface area contributed by atoms with E-state index in [0.717, 1.165) is 56.2 Å². The molecule has 10 nitrogen and oxygen atoms in total. The third kappa shape index (κ3) is 4.05. The molecule has 10 heteroatoms. The predicted octanol–water partition coefficient (Wildman–Crippen LogP) is 1.60. The van der Waals surface area contributed by atoms with Gasteiger partial charge in [0.05, 0.1) is 23.8 Å². The number of aromatic nitrogens is 3. The van der Waals surface area contributed by atoms with Crippen molar-refractivity contribution in [3.63, 3.8) is 0 Å². The van der Waals surface area contributed by atoms with Gasteiger partial charge in [0.1, 0.15) is 11.4 Å². The maximum atomic E-state index is 13.7. The van der Waals surface area contributed by atoms with Crippen LogP contribution in [0.4, 0.5) is 23.1 Å². The number of fused-ring (bicyclic) bond motifs is 3. The van der Waals surface area contributed by atoms with Gasteiger partial charge in [0.2, 0.25) is 11.9 Å². The lowest BCUT2D eigenvalue weighted by Gasteiger charge is -2.36. The van der Waals surface area contributed by atoms with Crippen LogP contribution in [0.3, 0.4) is 0 Å². The van der Waals surface area contributed by atoms with Crippen LogP contribution in [-0.2, 0) is 4.79 Å². The van der Waals surface area contributed by atoms with Crippen LogP contribution in [0.1, 0.15) is 37.0 Å².